The van der Waals surface area contributed by atoms with Crippen LogP contribution in [0.25, 0.3) is 0 Å². The van der Waals surface area contributed by atoms with Crippen LogP contribution in [0.3, 0.4) is 0 Å². The number of fused-ring (bicyclic) bond motifs is 1. The molecule has 0 aromatic heterocycles. The van der Waals surface area contributed by atoms with Crippen molar-refractivity contribution in [2.75, 3.05) is 34.3 Å². The summed E-state index contributed by atoms with van der Waals surface area (Å²) in [6, 6.07) is 7.83. The van der Waals surface area contributed by atoms with Crippen molar-refractivity contribution in [2.24, 2.45) is 0 Å². The zero-order chi connectivity index (χ0) is 10.9. The summed E-state index contributed by atoms with van der Waals surface area (Å²) in [6.45, 7) is 1.60. The van der Waals surface area contributed by atoms with E-state index in [0.29, 0.717) is 6.61 Å². The van der Waals surface area contributed by atoms with E-state index in [1.54, 1.807) is 0 Å². The third-order valence-electron chi connectivity index (χ3n) is 2.32. The Morgan fingerprint density at radius 2 is 1.87 bits per heavy atom. The van der Waals surface area contributed by atoms with E-state index in [9.17, 15) is 0 Å². The van der Waals surface area contributed by atoms with Crippen molar-refractivity contribution in [3.63, 3.8) is 0 Å². The van der Waals surface area contributed by atoms with Gasteiger partial charge in [0.2, 0.25) is 0 Å². The number of rotatable bonds is 2. The van der Waals surface area contributed by atoms with Crippen molar-refractivity contribution in [1.82, 2.24) is 0 Å². The average Bonchev–Trinajstić information content (AvgIpc) is 2.15. The molecule has 1 aromatic rings. The maximum Gasteiger partial charge on any atom is 0.181 e. The maximum absolute atomic E-state index is 5.87. The molecule has 0 saturated heterocycles. The van der Waals surface area contributed by atoms with E-state index in [4.69, 9.17) is 9.47 Å². The number of hydrogen-bond acceptors (Lipinski definition) is 2. The van der Waals surface area contributed by atoms with Crippen LogP contribution in [0, 0.1) is 0 Å². The van der Waals surface area contributed by atoms with E-state index in [-0.39, 0.29) is 6.10 Å². The van der Waals surface area contributed by atoms with Crippen LogP contribution in [0.5, 0.6) is 11.5 Å². The van der Waals surface area contributed by atoms with Gasteiger partial charge in [0.25, 0.3) is 0 Å². The number of nitrogens with zero attached hydrogens (tertiary/aromatic N) is 1. The highest BCUT2D eigenvalue weighted by Gasteiger charge is 2.25. The normalized spacial score (nSPS) is 20.1. The Balaban J connectivity index is 2.06. The molecule has 1 heterocycles. The summed E-state index contributed by atoms with van der Waals surface area (Å²) in [5.41, 5.74) is 0. The molecule has 3 heteroatoms. The largest absolute Gasteiger partial charge is 0.486 e. The molecule has 0 saturated carbocycles. The van der Waals surface area contributed by atoms with Gasteiger partial charge < -0.3 is 14.0 Å². The third-order valence-corrected chi connectivity index (χ3v) is 2.32. The summed E-state index contributed by atoms with van der Waals surface area (Å²) in [5, 5.41) is 0. The van der Waals surface area contributed by atoms with Gasteiger partial charge in [-0.3, -0.25) is 0 Å². The summed E-state index contributed by atoms with van der Waals surface area (Å²) >= 11 is 0. The topological polar surface area (TPSA) is 18.5 Å². The van der Waals surface area contributed by atoms with E-state index in [1.165, 1.54) is 0 Å². The minimum absolute atomic E-state index is 0.153. The lowest BCUT2D eigenvalue weighted by molar-refractivity contribution is -0.873. The molecule has 0 aliphatic carbocycles. The van der Waals surface area contributed by atoms with Crippen LogP contribution in [0.1, 0.15) is 0 Å². The van der Waals surface area contributed by atoms with Crippen LogP contribution in [0.15, 0.2) is 24.3 Å². The van der Waals surface area contributed by atoms with Gasteiger partial charge in [0.05, 0.1) is 21.1 Å². The fourth-order valence-electron chi connectivity index (χ4n) is 1.76. The standard InChI is InChI=1S/C12H18NO2/c1-13(2,3)8-10-9-14-11-6-4-5-7-12(11)15-10/h4-7,10H,8-9H2,1-3H3/q+1. The Morgan fingerprint density at radius 1 is 1.20 bits per heavy atom. The van der Waals surface area contributed by atoms with Crippen molar-refractivity contribution >= 4 is 0 Å². The van der Waals surface area contributed by atoms with Gasteiger partial charge in [-0.05, 0) is 12.1 Å². The summed E-state index contributed by atoms with van der Waals surface area (Å²) in [7, 11) is 6.47. The SMILES string of the molecule is C[N+](C)(C)CC1COc2ccccc2O1. The van der Waals surface area contributed by atoms with Crippen molar-refractivity contribution < 1.29 is 14.0 Å². The van der Waals surface area contributed by atoms with E-state index in [0.717, 1.165) is 22.5 Å². The van der Waals surface area contributed by atoms with Crippen LogP contribution >= 0.6 is 0 Å². The van der Waals surface area contributed by atoms with Gasteiger partial charge in [-0.15, -0.1) is 0 Å². The Labute approximate surface area is 90.8 Å². The molecule has 1 unspecified atom stereocenters. The van der Waals surface area contributed by atoms with Gasteiger partial charge >= 0.3 is 0 Å². The van der Waals surface area contributed by atoms with Crippen LogP contribution < -0.4 is 9.47 Å². The third kappa shape index (κ3) is 2.63. The molecule has 1 aliphatic heterocycles. The lowest BCUT2D eigenvalue weighted by Crippen LogP contribution is -2.46. The Hall–Kier alpha value is -1.22. The van der Waals surface area contributed by atoms with Crippen molar-refractivity contribution in [2.45, 2.75) is 6.10 Å². The van der Waals surface area contributed by atoms with E-state index in [1.807, 2.05) is 24.3 Å². The molecular weight excluding hydrogens is 190 g/mol. The molecular formula is C12H18NO2+. The van der Waals surface area contributed by atoms with Crippen LogP contribution in [0.4, 0.5) is 0 Å². The molecule has 2 rings (SSSR count). The highest BCUT2D eigenvalue weighted by atomic mass is 16.6. The van der Waals surface area contributed by atoms with Crippen LogP contribution in [-0.2, 0) is 0 Å². The highest BCUT2D eigenvalue weighted by molar-refractivity contribution is 5.40. The summed E-state index contributed by atoms with van der Waals surface area (Å²) in [4.78, 5) is 0. The Morgan fingerprint density at radius 3 is 2.53 bits per heavy atom. The van der Waals surface area contributed by atoms with Crippen molar-refractivity contribution in [3.8, 4) is 11.5 Å². The average molecular weight is 208 g/mol. The molecule has 82 valence electrons. The smallest absolute Gasteiger partial charge is 0.181 e. The summed E-state index contributed by atoms with van der Waals surface area (Å²) in [6.07, 6.45) is 0.153. The maximum atomic E-state index is 5.87. The second-order valence-corrected chi connectivity index (χ2v) is 4.97. The molecule has 0 spiro atoms. The van der Waals surface area contributed by atoms with Crippen molar-refractivity contribution in [3.05, 3.63) is 24.3 Å². The number of likely N-dealkylation sites (N-methyl/N-ethyl adjacent to an activating group) is 1. The molecule has 0 N–H and O–H groups in total. The first-order valence-corrected chi connectivity index (χ1v) is 5.23. The first-order chi connectivity index (χ1) is 7.04. The van der Waals surface area contributed by atoms with Crippen LogP contribution in [0.2, 0.25) is 0 Å². The minimum Gasteiger partial charge on any atom is -0.486 e. The fraction of sp³-hybridized carbons (Fsp3) is 0.500. The second kappa shape index (κ2) is 3.74. The Kier molecular flexibility index (Phi) is 2.57. The summed E-state index contributed by atoms with van der Waals surface area (Å²) in [5.74, 6) is 1.72. The molecule has 0 bridgehead atoms. The van der Waals surface area contributed by atoms with E-state index >= 15 is 0 Å². The van der Waals surface area contributed by atoms with Gasteiger partial charge in [-0.2, -0.15) is 0 Å². The van der Waals surface area contributed by atoms with Gasteiger partial charge in [0.15, 0.2) is 17.6 Å². The van der Waals surface area contributed by atoms with Gasteiger partial charge in [0.1, 0.15) is 13.2 Å². The number of quaternary nitrogens is 1. The van der Waals surface area contributed by atoms with Gasteiger partial charge in [0, 0.05) is 0 Å². The highest BCUT2D eigenvalue weighted by Crippen LogP contribution is 2.31. The lowest BCUT2D eigenvalue weighted by Gasteiger charge is -2.32. The summed E-state index contributed by atoms with van der Waals surface area (Å²) < 4.78 is 12.4. The lowest BCUT2D eigenvalue weighted by atomic mass is 10.2. The van der Waals surface area contributed by atoms with E-state index < -0.39 is 0 Å². The monoisotopic (exact) mass is 208 g/mol. The zero-order valence-corrected chi connectivity index (χ0v) is 9.56. The predicted octanol–water partition coefficient (Wildman–Crippen LogP) is 1.53. The molecule has 15 heavy (non-hydrogen) atoms. The van der Waals surface area contributed by atoms with Gasteiger partial charge in [-0.25, -0.2) is 0 Å². The molecule has 0 amide bonds. The number of benzene rings is 1. The fourth-order valence-corrected chi connectivity index (χ4v) is 1.76. The minimum atomic E-state index is 0.153. The first kappa shape index (κ1) is 10.3. The molecule has 1 aliphatic rings. The zero-order valence-electron chi connectivity index (χ0n) is 9.56. The molecule has 0 radical (unpaired) electrons. The first-order valence-electron chi connectivity index (χ1n) is 5.23. The number of ether oxygens (including phenoxy) is 2. The molecule has 1 aromatic carbocycles. The molecule has 1 atom stereocenters. The van der Waals surface area contributed by atoms with Crippen LogP contribution in [-0.4, -0.2) is 44.9 Å². The van der Waals surface area contributed by atoms with Gasteiger partial charge in [-0.1, -0.05) is 12.1 Å². The van der Waals surface area contributed by atoms with E-state index in [2.05, 4.69) is 21.1 Å². The molecule has 0 fully saturated rings. The second-order valence-electron chi connectivity index (χ2n) is 4.97. The number of para-hydroxylation sites is 2. The Bertz CT molecular complexity index is 344. The van der Waals surface area contributed by atoms with Crippen molar-refractivity contribution in [1.29, 1.82) is 0 Å². The molecule has 3 nitrogen and oxygen atoms in total. The predicted molar refractivity (Wildman–Crippen MR) is 59.3 cm³/mol. The number of hydrogen-bond donors (Lipinski definition) is 0. The quantitative estimate of drug-likeness (QED) is 0.686.